The highest BCUT2D eigenvalue weighted by Gasteiger charge is 2.03. The maximum absolute atomic E-state index is 11.1. The van der Waals surface area contributed by atoms with E-state index in [0.29, 0.717) is 5.69 Å². The summed E-state index contributed by atoms with van der Waals surface area (Å²) < 4.78 is 5.10. The number of nitrogens with zero attached hydrogens (tertiary/aromatic N) is 1. The molecule has 0 bridgehead atoms. The third kappa shape index (κ3) is 3.03. The fraction of sp³-hybridized carbons (Fsp3) is 0.286. The molecule has 0 saturated heterocycles. The van der Waals surface area contributed by atoms with Crippen molar-refractivity contribution < 1.29 is 9.53 Å². The third-order valence-electron chi connectivity index (χ3n) is 2.26. The lowest BCUT2D eigenvalue weighted by atomic mass is 10.2. The second-order valence-corrected chi connectivity index (χ2v) is 3.31. The van der Waals surface area contributed by atoms with E-state index in [1.54, 1.807) is 13.2 Å². The van der Waals surface area contributed by atoms with E-state index < -0.39 is 0 Å². The number of pyridine rings is 1. The number of methoxy groups -OCH3 is 1. The standard InChI is InChI=1S/C12H11NO2.C2H6/c1-8(14)11-6-4-9-3-5-10(15-2)7-12(9)13-11;1-2/h3-7H,1-2H3;1-2H3. The monoisotopic (exact) mass is 231 g/mol. The quantitative estimate of drug-likeness (QED) is 0.743. The number of rotatable bonds is 2. The van der Waals surface area contributed by atoms with Gasteiger partial charge in [-0.2, -0.15) is 0 Å². The van der Waals surface area contributed by atoms with Gasteiger partial charge in [-0.15, -0.1) is 0 Å². The molecule has 0 aliphatic carbocycles. The van der Waals surface area contributed by atoms with E-state index >= 15 is 0 Å². The molecule has 2 rings (SSSR count). The molecule has 1 heterocycles. The number of Topliss-reactive ketones (excluding diaryl/α,β-unsaturated/α-hetero) is 1. The average molecular weight is 231 g/mol. The molecule has 0 N–H and O–H groups in total. The fourth-order valence-corrected chi connectivity index (χ4v) is 1.42. The number of carbonyl (C=O) groups is 1. The van der Waals surface area contributed by atoms with E-state index in [1.165, 1.54) is 6.92 Å². The summed E-state index contributed by atoms with van der Waals surface area (Å²) in [5.41, 5.74) is 1.26. The van der Waals surface area contributed by atoms with Gasteiger partial charge in [0.1, 0.15) is 11.4 Å². The highest BCUT2D eigenvalue weighted by atomic mass is 16.5. The van der Waals surface area contributed by atoms with E-state index in [0.717, 1.165) is 16.7 Å². The molecule has 1 aromatic heterocycles. The molecule has 0 radical (unpaired) electrons. The third-order valence-corrected chi connectivity index (χ3v) is 2.26. The van der Waals surface area contributed by atoms with Crippen LogP contribution in [0.4, 0.5) is 0 Å². The topological polar surface area (TPSA) is 39.2 Å². The Hall–Kier alpha value is -1.90. The second-order valence-electron chi connectivity index (χ2n) is 3.31. The fourth-order valence-electron chi connectivity index (χ4n) is 1.42. The molecule has 0 unspecified atom stereocenters. The number of aromatic nitrogens is 1. The van der Waals surface area contributed by atoms with Gasteiger partial charge in [-0.05, 0) is 18.2 Å². The Morgan fingerprint density at radius 2 is 1.82 bits per heavy atom. The predicted octanol–water partition coefficient (Wildman–Crippen LogP) is 3.47. The summed E-state index contributed by atoms with van der Waals surface area (Å²) in [5.74, 6) is 0.718. The van der Waals surface area contributed by atoms with Gasteiger partial charge in [0, 0.05) is 18.4 Å². The Morgan fingerprint density at radius 3 is 2.41 bits per heavy atom. The van der Waals surface area contributed by atoms with Crippen molar-refractivity contribution in [3.05, 3.63) is 36.0 Å². The van der Waals surface area contributed by atoms with Gasteiger partial charge in [0.05, 0.1) is 12.6 Å². The summed E-state index contributed by atoms with van der Waals surface area (Å²) >= 11 is 0. The van der Waals surface area contributed by atoms with Crippen molar-refractivity contribution >= 4 is 16.7 Å². The van der Waals surface area contributed by atoms with Crippen LogP contribution < -0.4 is 4.74 Å². The molecule has 0 fully saturated rings. The largest absolute Gasteiger partial charge is 0.497 e. The maximum Gasteiger partial charge on any atom is 0.178 e. The van der Waals surface area contributed by atoms with Crippen molar-refractivity contribution in [1.82, 2.24) is 4.98 Å². The summed E-state index contributed by atoms with van der Waals surface area (Å²) in [7, 11) is 1.61. The zero-order valence-electron chi connectivity index (χ0n) is 10.7. The predicted molar refractivity (Wildman–Crippen MR) is 69.6 cm³/mol. The van der Waals surface area contributed by atoms with E-state index in [1.807, 2.05) is 38.1 Å². The Labute approximate surface area is 101 Å². The minimum Gasteiger partial charge on any atom is -0.497 e. The van der Waals surface area contributed by atoms with Crippen LogP contribution in [0.2, 0.25) is 0 Å². The SMILES string of the molecule is CC.COc1ccc2ccc(C(C)=O)nc2c1. The lowest BCUT2D eigenvalue weighted by Gasteiger charge is -2.02. The van der Waals surface area contributed by atoms with Gasteiger partial charge in [0.25, 0.3) is 0 Å². The molecule has 0 spiro atoms. The molecule has 0 aliphatic rings. The number of carbonyl (C=O) groups excluding carboxylic acids is 1. The first-order valence-corrected chi connectivity index (χ1v) is 5.66. The smallest absolute Gasteiger partial charge is 0.178 e. The summed E-state index contributed by atoms with van der Waals surface area (Å²) in [4.78, 5) is 15.4. The summed E-state index contributed by atoms with van der Waals surface area (Å²) in [6, 6.07) is 9.24. The molecular weight excluding hydrogens is 214 g/mol. The molecule has 2 aromatic rings. The van der Waals surface area contributed by atoms with Crippen molar-refractivity contribution in [2.24, 2.45) is 0 Å². The number of ketones is 1. The highest BCUT2D eigenvalue weighted by Crippen LogP contribution is 2.19. The van der Waals surface area contributed by atoms with Crippen LogP contribution in [0.15, 0.2) is 30.3 Å². The van der Waals surface area contributed by atoms with Crippen LogP contribution in [-0.2, 0) is 0 Å². The van der Waals surface area contributed by atoms with Crippen LogP contribution in [0, 0.1) is 0 Å². The zero-order chi connectivity index (χ0) is 12.8. The van der Waals surface area contributed by atoms with Crippen LogP contribution in [0.1, 0.15) is 31.3 Å². The van der Waals surface area contributed by atoms with Crippen LogP contribution in [-0.4, -0.2) is 17.9 Å². The van der Waals surface area contributed by atoms with E-state index in [2.05, 4.69) is 4.98 Å². The van der Waals surface area contributed by atoms with Gasteiger partial charge in [0.15, 0.2) is 5.78 Å². The van der Waals surface area contributed by atoms with E-state index in [9.17, 15) is 4.79 Å². The van der Waals surface area contributed by atoms with Crippen molar-refractivity contribution in [3.8, 4) is 5.75 Å². The lowest BCUT2D eigenvalue weighted by molar-refractivity contribution is 0.101. The molecule has 90 valence electrons. The lowest BCUT2D eigenvalue weighted by Crippen LogP contribution is -1.96. The van der Waals surface area contributed by atoms with Gasteiger partial charge < -0.3 is 4.74 Å². The Bertz CT molecular complexity index is 521. The number of hydrogen-bond donors (Lipinski definition) is 0. The van der Waals surface area contributed by atoms with Gasteiger partial charge in [-0.25, -0.2) is 4.98 Å². The molecule has 0 saturated carbocycles. The van der Waals surface area contributed by atoms with Gasteiger partial charge in [0.2, 0.25) is 0 Å². The van der Waals surface area contributed by atoms with Crippen LogP contribution in [0.25, 0.3) is 10.9 Å². The Kier molecular flexibility index (Phi) is 4.64. The molecule has 0 aliphatic heterocycles. The minimum absolute atomic E-state index is 0.0280. The average Bonchev–Trinajstić information content (AvgIpc) is 2.39. The Morgan fingerprint density at radius 1 is 1.18 bits per heavy atom. The maximum atomic E-state index is 11.1. The highest BCUT2D eigenvalue weighted by molar-refractivity contribution is 5.94. The first kappa shape index (κ1) is 13.2. The molecule has 0 atom stereocenters. The summed E-state index contributed by atoms with van der Waals surface area (Å²) in [6.45, 7) is 5.51. The molecular formula is C14H17NO2. The molecule has 1 aromatic carbocycles. The zero-order valence-corrected chi connectivity index (χ0v) is 10.7. The van der Waals surface area contributed by atoms with Gasteiger partial charge in [-0.1, -0.05) is 19.9 Å². The van der Waals surface area contributed by atoms with Crippen molar-refractivity contribution in [1.29, 1.82) is 0 Å². The first-order valence-electron chi connectivity index (χ1n) is 5.66. The van der Waals surface area contributed by atoms with Gasteiger partial charge in [-0.3, -0.25) is 4.79 Å². The van der Waals surface area contributed by atoms with Crippen molar-refractivity contribution in [2.75, 3.05) is 7.11 Å². The normalized spacial score (nSPS) is 9.41. The van der Waals surface area contributed by atoms with Crippen LogP contribution in [0.5, 0.6) is 5.75 Å². The van der Waals surface area contributed by atoms with E-state index in [-0.39, 0.29) is 5.78 Å². The van der Waals surface area contributed by atoms with Crippen LogP contribution in [0.3, 0.4) is 0 Å². The molecule has 3 nitrogen and oxygen atoms in total. The summed E-state index contributed by atoms with van der Waals surface area (Å²) in [5, 5.41) is 1.00. The number of fused-ring (bicyclic) bond motifs is 1. The van der Waals surface area contributed by atoms with Crippen molar-refractivity contribution in [2.45, 2.75) is 20.8 Å². The number of ether oxygens (including phenoxy) is 1. The van der Waals surface area contributed by atoms with Gasteiger partial charge >= 0.3 is 0 Å². The second kappa shape index (κ2) is 5.99. The molecule has 17 heavy (non-hydrogen) atoms. The minimum atomic E-state index is -0.0280. The number of benzene rings is 1. The van der Waals surface area contributed by atoms with E-state index in [4.69, 9.17) is 4.74 Å². The van der Waals surface area contributed by atoms with Crippen LogP contribution >= 0.6 is 0 Å². The molecule has 3 heteroatoms. The first-order chi connectivity index (χ1) is 8.20. The number of hydrogen-bond acceptors (Lipinski definition) is 3. The molecule has 0 amide bonds. The Balaban J connectivity index is 0.000000686. The summed E-state index contributed by atoms with van der Waals surface area (Å²) in [6.07, 6.45) is 0. The van der Waals surface area contributed by atoms with Crippen molar-refractivity contribution in [3.63, 3.8) is 0 Å².